The van der Waals surface area contributed by atoms with E-state index in [0.29, 0.717) is 12.4 Å². The second-order valence-electron chi connectivity index (χ2n) is 9.18. The highest BCUT2D eigenvalue weighted by Crippen LogP contribution is 2.25. The number of imidazole rings is 1. The SMILES string of the molecule is CCCCCCCCCCc1ncc(/C=C(/Cc2cccs2)c2nnn[nH]2)n1Cc1ccccc1Cl. The van der Waals surface area contributed by atoms with Crippen LogP contribution in [0.4, 0.5) is 0 Å². The zero-order chi connectivity index (χ0) is 25.0. The number of nitrogens with zero attached hydrogens (tertiary/aromatic N) is 5. The molecule has 3 aromatic heterocycles. The number of aromatic amines is 1. The molecule has 0 aliphatic heterocycles. The van der Waals surface area contributed by atoms with Gasteiger partial charge in [-0.2, -0.15) is 0 Å². The molecule has 4 aromatic rings. The van der Waals surface area contributed by atoms with Gasteiger partial charge in [-0.25, -0.2) is 10.1 Å². The molecule has 0 saturated heterocycles. The van der Waals surface area contributed by atoms with Crippen molar-refractivity contribution in [2.75, 3.05) is 0 Å². The Morgan fingerprint density at radius 1 is 1.03 bits per heavy atom. The first-order valence-corrected chi connectivity index (χ1v) is 14.2. The maximum Gasteiger partial charge on any atom is 0.175 e. The number of aromatic nitrogens is 6. The fourth-order valence-electron chi connectivity index (χ4n) is 4.42. The van der Waals surface area contributed by atoms with Crippen molar-refractivity contribution < 1.29 is 0 Å². The number of unbranched alkanes of at least 4 members (excludes halogenated alkanes) is 7. The predicted molar refractivity (Wildman–Crippen MR) is 149 cm³/mol. The predicted octanol–water partition coefficient (Wildman–Crippen LogP) is 7.63. The highest BCUT2D eigenvalue weighted by Gasteiger charge is 2.14. The maximum atomic E-state index is 6.55. The summed E-state index contributed by atoms with van der Waals surface area (Å²) in [5, 5.41) is 17.6. The van der Waals surface area contributed by atoms with Crippen molar-refractivity contribution in [2.24, 2.45) is 0 Å². The molecule has 36 heavy (non-hydrogen) atoms. The van der Waals surface area contributed by atoms with E-state index in [4.69, 9.17) is 16.6 Å². The van der Waals surface area contributed by atoms with Gasteiger partial charge in [-0.1, -0.05) is 87.7 Å². The summed E-state index contributed by atoms with van der Waals surface area (Å²) >= 11 is 8.28. The largest absolute Gasteiger partial charge is 0.324 e. The van der Waals surface area contributed by atoms with Gasteiger partial charge in [0, 0.05) is 28.3 Å². The third-order valence-corrected chi connectivity index (χ3v) is 7.67. The lowest BCUT2D eigenvalue weighted by Gasteiger charge is -2.13. The molecule has 0 spiro atoms. The topological polar surface area (TPSA) is 72.3 Å². The first kappa shape index (κ1) is 26.3. The molecule has 0 radical (unpaired) electrons. The molecule has 0 atom stereocenters. The van der Waals surface area contributed by atoms with Crippen molar-refractivity contribution in [1.82, 2.24) is 30.2 Å². The van der Waals surface area contributed by atoms with E-state index in [9.17, 15) is 0 Å². The molecule has 1 aromatic carbocycles. The van der Waals surface area contributed by atoms with E-state index in [-0.39, 0.29) is 0 Å². The Bertz CT molecular complexity index is 1200. The Balaban J connectivity index is 1.54. The summed E-state index contributed by atoms with van der Waals surface area (Å²) < 4.78 is 2.29. The minimum Gasteiger partial charge on any atom is -0.324 e. The van der Waals surface area contributed by atoms with Crippen molar-refractivity contribution >= 4 is 34.6 Å². The zero-order valence-corrected chi connectivity index (χ0v) is 22.6. The monoisotopic (exact) mass is 522 g/mol. The Morgan fingerprint density at radius 2 is 1.83 bits per heavy atom. The Morgan fingerprint density at radius 3 is 2.56 bits per heavy atom. The number of benzene rings is 1. The van der Waals surface area contributed by atoms with Gasteiger partial charge in [0.15, 0.2) is 5.82 Å². The van der Waals surface area contributed by atoms with Crippen molar-refractivity contribution in [2.45, 2.75) is 77.7 Å². The number of aryl methyl sites for hydroxylation is 1. The van der Waals surface area contributed by atoms with Crippen LogP contribution < -0.4 is 0 Å². The summed E-state index contributed by atoms with van der Waals surface area (Å²) in [6.07, 6.45) is 16.2. The van der Waals surface area contributed by atoms with Gasteiger partial charge in [0.2, 0.25) is 0 Å². The second kappa shape index (κ2) is 14.1. The normalized spacial score (nSPS) is 11.9. The highest BCUT2D eigenvalue weighted by atomic mass is 35.5. The molecule has 0 saturated carbocycles. The lowest BCUT2D eigenvalue weighted by atomic mass is 10.1. The third kappa shape index (κ3) is 7.61. The number of hydrogen-bond donors (Lipinski definition) is 1. The number of thiophene rings is 1. The molecule has 4 rings (SSSR count). The first-order chi connectivity index (χ1) is 17.7. The third-order valence-electron chi connectivity index (χ3n) is 6.43. The summed E-state index contributed by atoms with van der Waals surface area (Å²) in [4.78, 5) is 6.11. The molecular formula is C28H35ClN6S. The molecule has 0 unspecified atom stereocenters. The van der Waals surface area contributed by atoms with E-state index in [1.54, 1.807) is 11.3 Å². The Kier molecular flexibility index (Phi) is 10.3. The van der Waals surface area contributed by atoms with E-state index in [2.05, 4.69) is 61.8 Å². The molecule has 0 bridgehead atoms. The van der Waals surface area contributed by atoms with Crippen LogP contribution in [-0.2, 0) is 19.4 Å². The number of hydrogen-bond acceptors (Lipinski definition) is 5. The van der Waals surface area contributed by atoms with E-state index in [1.165, 1.54) is 49.8 Å². The van der Waals surface area contributed by atoms with Crippen LogP contribution in [-0.4, -0.2) is 30.2 Å². The Labute approximate surface area is 222 Å². The number of nitrogens with one attached hydrogen (secondary N) is 1. The second-order valence-corrected chi connectivity index (χ2v) is 10.6. The lowest BCUT2D eigenvalue weighted by Crippen LogP contribution is -2.08. The molecule has 0 aliphatic carbocycles. The molecule has 6 nitrogen and oxygen atoms in total. The van der Waals surface area contributed by atoms with Gasteiger partial charge in [0.25, 0.3) is 0 Å². The van der Waals surface area contributed by atoms with Crippen molar-refractivity contribution in [3.8, 4) is 0 Å². The van der Waals surface area contributed by atoms with Crippen LogP contribution in [0.25, 0.3) is 11.6 Å². The molecule has 1 N–H and O–H groups in total. The maximum absolute atomic E-state index is 6.55. The van der Waals surface area contributed by atoms with Crippen LogP contribution in [0.2, 0.25) is 5.02 Å². The average molecular weight is 523 g/mol. The van der Waals surface area contributed by atoms with E-state index < -0.39 is 0 Å². The molecule has 0 fully saturated rings. The highest BCUT2D eigenvalue weighted by molar-refractivity contribution is 7.10. The molecule has 0 aliphatic rings. The van der Waals surface area contributed by atoms with Crippen molar-refractivity contribution in [1.29, 1.82) is 0 Å². The van der Waals surface area contributed by atoms with E-state index >= 15 is 0 Å². The molecular weight excluding hydrogens is 488 g/mol. The number of rotatable bonds is 15. The Hall–Kier alpha value is -2.77. The van der Waals surface area contributed by atoms with Gasteiger partial charge in [0.05, 0.1) is 18.4 Å². The van der Waals surface area contributed by atoms with Crippen LogP contribution in [0, 0.1) is 0 Å². The van der Waals surface area contributed by atoms with Crippen LogP contribution in [0.1, 0.15) is 86.1 Å². The van der Waals surface area contributed by atoms with Crippen LogP contribution in [0.15, 0.2) is 48.0 Å². The van der Waals surface area contributed by atoms with Gasteiger partial charge in [0.1, 0.15) is 5.82 Å². The summed E-state index contributed by atoms with van der Waals surface area (Å²) in [5.74, 6) is 1.77. The number of H-pyrrole nitrogens is 1. The lowest BCUT2D eigenvalue weighted by molar-refractivity contribution is 0.566. The smallest absolute Gasteiger partial charge is 0.175 e. The summed E-state index contributed by atoms with van der Waals surface area (Å²) in [6, 6.07) is 12.2. The van der Waals surface area contributed by atoms with E-state index in [1.807, 2.05) is 24.4 Å². The van der Waals surface area contributed by atoms with E-state index in [0.717, 1.165) is 46.9 Å². The molecule has 0 amide bonds. The van der Waals surface area contributed by atoms with Gasteiger partial charge >= 0.3 is 0 Å². The summed E-state index contributed by atoms with van der Waals surface area (Å²) in [7, 11) is 0. The quantitative estimate of drug-likeness (QED) is 0.163. The fourth-order valence-corrected chi connectivity index (χ4v) is 5.34. The van der Waals surface area contributed by atoms with Crippen LogP contribution in [0.5, 0.6) is 0 Å². The standard InChI is InChI=1S/C28H35ClN6S/c1-2-3-4-5-6-7-8-9-16-27-30-20-24(35(27)21-22-13-10-11-15-26(22)29)18-23(28-31-33-34-32-28)19-25-14-12-17-36-25/h10-15,17-18,20H,2-9,16,19,21H2,1H3,(H,31,32,33,34)/b23-18-. The number of allylic oxidation sites excluding steroid dienone is 1. The zero-order valence-electron chi connectivity index (χ0n) is 21.0. The summed E-state index contributed by atoms with van der Waals surface area (Å²) in [6.45, 7) is 2.94. The number of tetrazole rings is 1. The molecule has 190 valence electrons. The van der Waals surface area contributed by atoms with Crippen LogP contribution >= 0.6 is 22.9 Å². The van der Waals surface area contributed by atoms with Gasteiger partial charge in [-0.05, 0) is 46.0 Å². The first-order valence-electron chi connectivity index (χ1n) is 13.0. The minimum absolute atomic E-state index is 0.679. The summed E-state index contributed by atoms with van der Waals surface area (Å²) in [5.41, 5.74) is 3.15. The van der Waals surface area contributed by atoms with Crippen LogP contribution in [0.3, 0.4) is 0 Å². The van der Waals surface area contributed by atoms with Gasteiger partial charge in [-0.3, -0.25) is 0 Å². The molecule has 3 heterocycles. The van der Waals surface area contributed by atoms with Crippen molar-refractivity contribution in [3.05, 3.63) is 80.8 Å². The van der Waals surface area contributed by atoms with Gasteiger partial charge < -0.3 is 4.57 Å². The minimum atomic E-state index is 0.679. The van der Waals surface area contributed by atoms with Gasteiger partial charge in [-0.15, -0.1) is 16.4 Å². The fraction of sp³-hybridized carbons (Fsp3) is 0.429. The van der Waals surface area contributed by atoms with Crippen molar-refractivity contribution in [3.63, 3.8) is 0 Å². The average Bonchev–Trinajstić information content (AvgIpc) is 3.66. The molecule has 8 heteroatoms. The number of halogens is 1.